The van der Waals surface area contributed by atoms with E-state index in [-0.39, 0.29) is 0 Å². The van der Waals surface area contributed by atoms with Gasteiger partial charge in [0, 0.05) is 38.2 Å². The normalized spacial score (nSPS) is 11.7. The Morgan fingerprint density at radius 2 is 0.870 bits per heavy atom. The molecule has 3 aromatic heterocycles. The molecule has 54 heavy (non-hydrogen) atoms. The molecule has 8 aromatic carbocycles. The fraction of sp³-hybridized carbons (Fsp3) is 0. The molecule has 252 valence electrons. The van der Waals surface area contributed by atoms with Gasteiger partial charge in [-0.05, 0) is 45.7 Å². The quantitative estimate of drug-likeness (QED) is 0.180. The first-order chi connectivity index (χ1) is 26.8. The molecule has 0 atom stereocenters. The van der Waals surface area contributed by atoms with Crippen molar-refractivity contribution in [3.63, 3.8) is 0 Å². The number of furan rings is 2. The van der Waals surface area contributed by atoms with Gasteiger partial charge in [-0.25, -0.2) is 15.0 Å². The van der Waals surface area contributed by atoms with Gasteiger partial charge in [-0.15, -0.1) is 0 Å². The zero-order chi connectivity index (χ0) is 35.6. The van der Waals surface area contributed by atoms with E-state index in [1.54, 1.807) is 0 Å². The zero-order valence-corrected chi connectivity index (χ0v) is 28.9. The van der Waals surface area contributed by atoms with E-state index in [0.717, 1.165) is 93.6 Å². The smallest absolute Gasteiger partial charge is 0.167 e. The van der Waals surface area contributed by atoms with Crippen molar-refractivity contribution >= 4 is 54.6 Å². The number of aromatic nitrogens is 3. The zero-order valence-electron chi connectivity index (χ0n) is 28.9. The summed E-state index contributed by atoms with van der Waals surface area (Å²) < 4.78 is 13.3. The lowest BCUT2D eigenvalue weighted by Crippen LogP contribution is -2.01. The number of hydrogen-bond donors (Lipinski definition) is 0. The highest BCUT2D eigenvalue weighted by Crippen LogP contribution is 2.43. The molecule has 3 heterocycles. The van der Waals surface area contributed by atoms with Crippen molar-refractivity contribution in [1.29, 1.82) is 0 Å². The Balaban J connectivity index is 1.18. The van der Waals surface area contributed by atoms with Crippen LogP contribution in [0.25, 0.3) is 111 Å². The van der Waals surface area contributed by atoms with Crippen molar-refractivity contribution in [1.82, 2.24) is 15.0 Å². The van der Waals surface area contributed by atoms with Crippen LogP contribution in [0.5, 0.6) is 0 Å². The summed E-state index contributed by atoms with van der Waals surface area (Å²) in [5.74, 6) is 1.66. The van der Waals surface area contributed by atoms with E-state index in [1.165, 1.54) is 0 Å². The summed E-state index contributed by atoms with van der Waals surface area (Å²) >= 11 is 0. The maximum atomic E-state index is 6.66. The monoisotopic (exact) mass is 691 g/mol. The molecule has 0 bridgehead atoms. The second-order valence-electron chi connectivity index (χ2n) is 13.5. The Labute approximate surface area is 309 Å². The molecule has 0 fully saturated rings. The predicted octanol–water partition coefficient (Wildman–Crippen LogP) is 13.2. The second kappa shape index (κ2) is 12.1. The molecule has 0 unspecified atom stereocenters. The van der Waals surface area contributed by atoms with Crippen molar-refractivity contribution < 1.29 is 8.83 Å². The average Bonchev–Trinajstić information content (AvgIpc) is 3.83. The van der Waals surface area contributed by atoms with E-state index >= 15 is 0 Å². The van der Waals surface area contributed by atoms with Crippen molar-refractivity contribution in [2.45, 2.75) is 0 Å². The largest absolute Gasteiger partial charge is 0.455 e. The van der Waals surface area contributed by atoms with Gasteiger partial charge in [-0.2, -0.15) is 0 Å². The highest BCUT2D eigenvalue weighted by Gasteiger charge is 2.22. The Kier molecular flexibility index (Phi) is 6.79. The number of nitrogens with zero attached hydrogens (tertiary/aromatic N) is 3. The van der Waals surface area contributed by atoms with Crippen LogP contribution in [0.4, 0.5) is 0 Å². The van der Waals surface area contributed by atoms with Gasteiger partial charge in [-0.1, -0.05) is 158 Å². The summed E-state index contributed by atoms with van der Waals surface area (Å²) in [5.41, 5.74) is 10.1. The van der Waals surface area contributed by atoms with E-state index in [4.69, 9.17) is 23.8 Å². The lowest BCUT2D eigenvalue weighted by molar-refractivity contribution is 0.669. The van der Waals surface area contributed by atoms with Crippen molar-refractivity contribution in [2.24, 2.45) is 0 Å². The number of fused-ring (bicyclic) bond motifs is 8. The maximum absolute atomic E-state index is 6.66. The summed E-state index contributed by atoms with van der Waals surface area (Å²) in [6, 6.07) is 60.3. The van der Waals surface area contributed by atoms with E-state index < -0.39 is 0 Å². The van der Waals surface area contributed by atoms with Crippen LogP contribution in [0.15, 0.2) is 185 Å². The Hall–Kier alpha value is -7.37. The van der Waals surface area contributed by atoms with Crippen LogP contribution < -0.4 is 0 Å². The maximum Gasteiger partial charge on any atom is 0.167 e. The molecule has 0 spiro atoms. The highest BCUT2D eigenvalue weighted by molar-refractivity contribution is 6.22. The summed E-state index contributed by atoms with van der Waals surface area (Å²) in [6.45, 7) is 0. The lowest BCUT2D eigenvalue weighted by Gasteiger charge is -2.11. The summed E-state index contributed by atoms with van der Waals surface area (Å²) in [6.07, 6.45) is 0. The molecule has 11 rings (SSSR count). The highest BCUT2D eigenvalue weighted by atomic mass is 16.3. The fourth-order valence-corrected chi connectivity index (χ4v) is 7.81. The first-order valence-corrected chi connectivity index (χ1v) is 18.0. The van der Waals surface area contributed by atoms with Crippen molar-refractivity contribution in [3.8, 4) is 56.4 Å². The Bertz CT molecular complexity index is 3200. The Morgan fingerprint density at radius 1 is 0.315 bits per heavy atom. The first kappa shape index (κ1) is 30.3. The molecule has 0 aliphatic carbocycles. The van der Waals surface area contributed by atoms with Gasteiger partial charge in [0.25, 0.3) is 0 Å². The van der Waals surface area contributed by atoms with Crippen LogP contribution >= 0.6 is 0 Å². The van der Waals surface area contributed by atoms with Gasteiger partial charge in [0.1, 0.15) is 22.3 Å². The first-order valence-electron chi connectivity index (χ1n) is 18.0. The van der Waals surface area contributed by atoms with Gasteiger partial charge < -0.3 is 8.83 Å². The SMILES string of the molecule is c1ccc(-c2ccc(-c3nc(-c4cc5ccccc5c5c4oc4ccccc45)nc(-c4cccc5oc6c(-c7ccccc7)cccc6c45)n3)cc2)cc1. The van der Waals surface area contributed by atoms with Crippen LogP contribution in [-0.2, 0) is 0 Å². The number of para-hydroxylation sites is 2. The molecular formula is C49H29N3O2. The average molecular weight is 692 g/mol. The lowest BCUT2D eigenvalue weighted by atomic mass is 9.99. The fourth-order valence-electron chi connectivity index (χ4n) is 7.81. The van der Waals surface area contributed by atoms with E-state index in [1.807, 2.05) is 48.5 Å². The molecule has 11 aromatic rings. The number of rotatable bonds is 5. The summed E-state index contributed by atoms with van der Waals surface area (Å²) in [4.78, 5) is 15.7. The van der Waals surface area contributed by atoms with Crippen LogP contribution in [-0.4, -0.2) is 15.0 Å². The predicted molar refractivity (Wildman–Crippen MR) is 219 cm³/mol. The third kappa shape index (κ3) is 4.83. The number of hydrogen-bond acceptors (Lipinski definition) is 5. The van der Waals surface area contributed by atoms with Crippen molar-refractivity contribution in [2.75, 3.05) is 0 Å². The van der Waals surface area contributed by atoms with Gasteiger partial charge in [0.15, 0.2) is 17.5 Å². The van der Waals surface area contributed by atoms with E-state index in [2.05, 4.69) is 127 Å². The Morgan fingerprint density at radius 3 is 1.69 bits per heavy atom. The molecule has 0 N–H and O–H groups in total. The minimum Gasteiger partial charge on any atom is -0.455 e. The standard InChI is InChI=1S/C49H29N3O2/c1-3-13-30(14-4-1)31-25-27-33(28-26-31)47-50-48(39-22-12-24-42-43(39)38-21-11-20-36(45(38)54-42)32-15-5-2-6-16-32)52-49(51-47)40-29-34-17-7-8-18-35(34)44-37-19-9-10-23-41(37)53-46(40)44/h1-29H. The molecular weight excluding hydrogens is 663 g/mol. The molecule has 0 amide bonds. The third-order valence-corrected chi connectivity index (χ3v) is 10.3. The van der Waals surface area contributed by atoms with E-state index in [9.17, 15) is 0 Å². The van der Waals surface area contributed by atoms with Gasteiger partial charge >= 0.3 is 0 Å². The van der Waals surface area contributed by atoms with Crippen LogP contribution in [0.2, 0.25) is 0 Å². The van der Waals surface area contributed by atoms with Gasteiger partial charge in [-0.3, -0.25) is 0 Å². The molecule has 5 heteroatoms. The molecule has 0 saturated carbocycles. The van der Waals surface area contributed by atoms with E-state index in [0.29, 0.717) is 17.5 Å². The summed E-state index contributed by atoms with van der Waals surface area (Å²) in [5, 5.41) is 6.27. The molecule has 5 nitrogen and oxygen atoms in total. The van der Waals surface area contributed by atoms with Crippen molar-refractivity contribution in [3.05, 3.63) is 176 Å². The molecule has 0 aliphatic rings. The molecule has 0 saturated heterocycles. The topological polar surface area (TPSA) is 65.0 Å². The van der Waals surface area contributed by atoms with Crippen LogP contribution in [0.1, 0.15) is 0 Å². The third-order valence-electron chi connectivity index (χ3n) is 10.3. The summed E-state index contributed by atoms with van der Waals surface area (Å²) in [7, 11) is 0. The van der Waals surface area contributed by atoms with Crippen LogP contribution in [0.3, 0.4) is 0 Å². The molecule has 0 aliphatic heterocycles. The number of benzene rings is 8. The minimum absolute atomic E-state index is 0.534. The second-order valence-corrected chi connectivity index (χ2v) is 13.5. The van der Waals surface area contributed by atoms with Gasteiger partial charge in [0.2, 0.25) is 0 Å². The molecule has 0 radical (unpaired) electrons. The van der Waals surface area contributed by atoms with Gasteiger partial charge in [0.05, 0.1) is 5.56 Å². The minimum atomic E-state index is 0.534. The van der Waals surface area contributed by atoms with Crippen LogP contribution in [0, 0.1) is 0 Å².